The van der Waals surface area contributed by atoms with E-state index in [1.807, 2.05) is 25.1 Å². The first-order valence-corrected chi connectivity index (χ1v) is 6.92. The molecule has 0 fully saturated rings. The molecule has 0 amide bonds. The second kappa shape index (κ2) is 5.00. The number of benzene rings is 1. The average molecular weight is 312 g/mol. The minimum atomic E-state index is 0.287. The smallest absolute Gasteiger partial charge is 0.264 e. The molecule has 0 radical (unpaired) electrons. The molecule has 2 aromatic heterocycles. The number of hydrogen-bond donors (Lipinski definition) is 0. The lowest BCUT2D eigenvalue weighted by molar-refractivity contribution is 0.488. The maximum Gasteiger partial charge on any atom is 0.264 e. The number of oxazole rings is 1. The predicted octanol–water partition coefficient (Wildman–Crippen LogP) is 4.38. The maximum atomic E-state index is 5.82. The Bertz CT molecular complexity index is 740. The molecule has 19 heavy (non-hydrogen) atoms. The lowest BCUT2D eigenvalue weighted by Crippen LogP contribution is -1.87. The Balaban J connectivity index is 1.96. The van der Waals surface area contributed by atoms with Crippen molar-refractivity contribution >= 4 is 46.1 Å². The molecule has 0 spiro atoms. The van der Waals surface area contributed by atoms with Gasteiger partial charge in [0.15, 0.2) is 10.7 Å². The maximum absolute atomic E-state index is 5.82. The van der Waals surface area contributed by atoms with E-state index in [4.69, 9.17) is 27.6 Å². The molecule has 0 unspecified atom stereocenters. The van der Waals surface area contributed by atoms with Crippen LogP contribution in [0.5, 0.6) is 0 Å². The third-order valence-electron chi connectivity index (χ3n) is 2.35. The number of rotatable bonds is 2. The quantitative estimate of drug-likeness (QED) is 0.519. The SMILES string of the molecule is Cc1ccc2nc(Sc3nc(Cl)cc(Cl)n3)oc2c1. The van der Waals surface area contributed by atoms with Gasteiger partial charge >= 0.3 is 0 Å². The van der Waals surface area contributed by atoms with Gasteiger partial charge in [0.05, 0.1) is 0 Å². The van der Waals surface area contributed by atoms with Crippen molar-refractivity contribution in [3.05, 3.63) is 40.1 Å². The van der Waals surface area contributed by atoms with Crippen LogP contribution in [0.3, 0.4) is 0 Å². The van der Waals surface area contributed by atoms with Gasteiger partial charge in [-0.15, -0.1) is 0 Å². The monoisotopic (exact) mass is 311 g/mol. The molecule has 3 rings (SSSR count). The molecule has 0 saturated heterocycles. The van der Waals surface area contributed by atoms with Crippen LogP contribution in [0.2, 0.25) is 10.3 Å². The second-order valence-electron chi connectivity index (χ2n) is 3.85. The van der Waals surface area contributed by atoms with E-state index in [9.17, 15) is 0 Å². The van der Waals surface area contributed by atoms with Crippen molar-refractivity contribution in [2.45, 2.75) is 17.3 Å². The van der Waals surface area contributed by atoms with Crippen LogP contribution in [0.4, 0.5) is 0 Å². The highest BCUT2D eigenvalue weighted by Crippen LogP contribution is 2.29. The largest absolute Gasteiger partial charge is 0.431 e. The standard InChI is InChI=1S/C12H7Cl2N3OS/c1-6-2-3-7-8(4-6)18-12(15-7)19-11-16-9(13)5-10(14)17-11/h2-5H,1H3. The zero-order chi connectivity index (χ0) is 13.4. The number of nitrogens with zero attached hydrogens (tertiary/aromatic N) is 3. The fraction of sp³-hybridized carbons (Fsp3) is 0.0833. The van der Waals surface area contributed by atoms with Gasteiger partial charge in [-0.2, -0.15) is 0 Å². The number of hydrogen-bond acceptors (Lipinski definition) is 5. The summed E-state index contributed by atoms with van der Waals surface area (Å²) in [5.74, 6) is 0. The molecule has 0 atom stereocenters. The van der Waals surface area contributed by atoms with Gasteiger partial charge in [-0.05, 0) is 24.6 Å². The van der Waals surface area contributed by atoms with Crippen LogP contribution >= 0.6 is 35.0 Å². The molecule has 0 bridgehead atoms. The summed E-state index contributed by atoms with van der Waals surface area (Å²) in [7, 11) is 0. The Morgan fingerprint density at radius 3 is 2.53 bits per heavy atom. The number of halogens is 2. The summed E-state index contributed by atoms with van der Waals surface area (Å²) in [6.45, 7) is 1.99. The van der Waals surface area contributed by atoms with E-state index < -0.39 is 0 Å². The predicted molar refractivity (Wildman–Crippen MR) is 74.9 cm³/mol. The van der Waals surface area contributed by atoms with Crippen LogP contribution in [-0.4, -0.2) is 15.0 Å². The van der Waals surface area contributed by atoms with Gasteiger partial charge in [0, 0.05) is 17.8 Å². The minimum Gasteiger partial charge on any atom is -0.431 e. The van der Waals surface area contributed by atoms with Crippen molar-refractivity contribution in [1.82, 2.24) is 15.0 Å². The summed E-state index contributed by atoms with van der Waals surface area (Å²) >= 11 is 12.8. The van der Waals surface area contributed by atoms with Crippen LogP contribution in [0.15, 0.2) is 39.1 Å². The molecule has 2 heterocycles. The molecular weight excluding hydrogens is 305 g/mol. The number of aromatic nitrogens is 3. The van der Waals surface area contributed by atoms with E-state index in [0.29, 0.717) is 10.4 Å². The molecule has 7 heteroatoms. The molecule has 1 aromatic carbocycles. The van der Waals surface area contributed by atoms with Crippen molar-refractivity contribution in [1.29, 1.82) is 0 Å². The molecule has 0 aliphatic rings. The van der Waals surface area contributed by atoms with Gasteiger partial charge in [0.25, 0.3) is 5.22 Å². The summed E-state index contributed by atoms with van der Waals surface area (Å²) in [5.41, 5.74) is 2.64. The van der Waals surface area contributed by atoms with Crippen molar-refractivity contribution in [2.24, 2.45) is 0 Å². The van der Waals surface area contributed by atoms with Crippen LogP contribution < -0.4 is 0 Å². The summed E-state index contributed by atoms with van der Waals surface area (Å²) in [4.78, 5) is 12.4. The van der Waals surface area contributed by atoms with Crippen molar-refractivity contribution < 1.29 is 4.42 Å². The van der Waals surface area contributed by atoms with Crippen molar-refractivity contribution in [2.75, 3.05) is 0 Å². The van der Waals surface area contributed by atoms with E-state index in [1.54, 1.807) is 0 Å². The Morgan fingerprint density at radius 2 is 1.79 bits per heavy atom. The van der Waals surface area contributed by atoms with Crippen LogP contribution in [0, 0.1) is 6.92 Å². The van der Waals surface area contributed by atoms with Gasteiger partial charge in [-0.3, -0.25) is 0 Å². The normalized spacial score (nSPS) is 11.1. The van der Waals surface area contributed by atoms with Gasteiger partial charge < -0.3 is 4.42 Å². The Morgan fingerprint density at radius 1 is 1.05 bits per heavy atom. The van der Waals surface area contributed by atoms with E-state index in [2.05, 4.69) is 15.0 Å². The highest BCUT2D eigenvalue weighted by molar-refractivity contribution is 7.98. The molecule has 0 aliphatic heterocycles. The third-order valence-corrected chi connectivity index (χ3v) is 3.45. The van der Waals surface area contributed by atoms with Crippen molar-refractivity contribution in [3.8, 4) is 0 Å². The molecule has 96 valence electrons. The average Bonchev–Trinajstić information content (AvgIpc) is 2.68. The Labute approximate surface area is 123 Å². The summed E-state index contributed by atoms with van der Waals surface area (Å²) in [6.07, 6.45) is 0. The van der Waals surface area contributed by atoms with Crippen LogP contribution in [0.1, 0.15) is 5.56 Å². The Kier molecular flexibility index (Phi) is 3.35. The third kappa shape index (κ3) is 2.83. The highest BCUT2D eigenvalue weighted by atomic mass is 35.5. The Hall–Kier alpha value is -1.30. The van der Waals surface area contributed by atoms with Crippen LogP contribution in [-0.2, 0) is 0 Å². The van der Waals surface area contributed by atoms with Gasteiger partial charge in [-0.1, -0.05) is 29.3 Å². The van der Waals surface area contributed by atoms with Crippen LogP contribution in [0.25, 0.3) is 11.1 Å². The van der Waals surface area contributed by atoms with E-state index in [-0.39, 0.29) is 10.3 Å². The lowest BCUT2D eigenvalue weighted by atomic mass is 10.2. The van der Waals surface area contributed by atoms with E-state index in [0.717, 1.165) is 16.7 Å². The summed E-state index contributed by atoms with van der Waals surface area (Å²) in [6, 6.07) is 7.29. The van der Waals surface area contributed by atoms with Gasteiger partial charge in [0.1, 0.15) is 15.8 Å². The highest BCUT2D eigenvalue weighted by Gasteiger charge is 2.11. The number of aryl methyl sites for hydroxylation is 1. The summed E-state index contributed by atoms with van der Waals surface area (Å²) in [5, 5.41) is 1.43. The molecule has 3 aromatic rings. The first kappa shape index (κ1) is 12.7. The van der Waals surface area contributed by atoms with Gasteiger partial charge in [-0.25, -0.2) is 15.0 Å². The van der Waals surface area contributed by atoms with Crippen molar-refractivity contribution in [3.63, 3.8) is 0 Å². The first-order valence-electron chi connectivity index (χ1n) is 5.35. The molecule has 0 N–H and O–H groups in total. The lowest BCUT2D eigenvalue weighted by Gasteiger charge is -1.96. The second-order valence-corrected chi connectivity index (χ2v) is 5.54. The molecule has 0 saturated carbocycles. The zero-order valence-corrected chi connectivity index (χ0v) is 12.1. The zero-order valence-electron chi connectivity index (χ0n) is 9.72. The fourth-order valence-corrected chi connectivity index (χ4v) is 2.79. The molecule has 4 nitrogen and oxygen atoms in total. The van der Waals surface area contributed by atoms with E-state index >= 15 is 0 Å². The minimum absolute atomic E-state index is 0.287. The molecule has 0 aliphatic carbocycles. The molecular formula is C12H7Cl2N3OS. The first-order chi connectivity index (χ1) is 9.10. The van der Waals surface area contributed by atoms with Gasteiger partial charge in [0.2, 0.25) is 0 Å². The number of fused-ring (bicyclic) bond motifs is 1. The fourth-order valence-electron chi connectivity index (χ4n) is 1.55. The summed E-state index contributed by atoms with van der Waals surface area (Å²) < 4.78 is 5.62. The van der Waals surface area contributed by atoms with E-state index in [1.165, 1.54) is 17.8 Å². The topological polar surface area (TPSA) is 51.8 Å².